The topological polar surface area (TPSA) is 150 Å². The first-order chi connectivity index (χ1) is 17.5. The van der Waals surface area contributed by atoms with Gasteiger partial charge in [-0.2, -0.15) is 4.99 Å². The Hall–Kier alpha value is -3.06. The third kappa shape index (κ3) is 7.07. The highest BCUT2D eigenvalue weighted by atomic mass is 35.5. The predicted octanol–water partition coefficient (Wildman–Crippen LogP) is 1.83. The maximum absolute atomic E-state index is 12.6. The minimum Gasteiger partial charge on any atom is -0.493 e. The SMILES string of the molecule is COc1ccc(CN2CCN(C(C)c3ccc(C(=O)N=C(N)N)cc3S(C)(=O)=O)CC2)c(OC)c1OC.Cl. The maximum Gasteiger partial charge on any atom is 0.280 e. The fraction of sp³-hybridized carbons (Fsp3) is 0.440. The Balaban J connectivity index is 0.00000507. The van der Waals surface area contributed by atoms with E-state index >= 15 is 0 Å². The number of piperazine rings is 1. The number of halogens is 1. The first-order valence-electron chi connectivity index (χ1n) is 11.7. The second kappa shape index (κ2) is 13.1. The summed E-state index contributed by atoms with van der Waals surface area (Å²) in [6, 6.07) is 8.21. The fourth-order valence-electron chi connectivity index (χ4n) is 4.55. The quantitative estimate of drug-likeness (QED) is 0.338. The van der Waals surface area contributed by atoms with Gasteiger partial charge in [-0.25, -0.2) is 8.42 Å². The van der Waals surface area contributed by atoms with Gasteiger partial charge in [0.1, 0.15) is 0 Å². The summed E-state index contributed by atoms with van der Waals surface area (Å²) >= 11 is 0. The van der Waals surface area contributed by atoms with E-state index in [0.29, 0.717) is 29.4 Å². The van der Waals surface area contributed by atoms with Gasteiger partial charge in [-0.3, -0.25) is 14.6 Å². The van der Waals surface area contributed by atoms with Crippen LogP contribution in [0.1, 0.15) is 34.5 Å². The van der Waals surface area contributed by atoms with E-state index in [4.69, 9.17) is 25.7 Å². The number of aliphatic imine (C=N–C) groups is 1. The van der Waals surface area contributed by atoms with E-state index in [-0.39, 0.29) is 34.9 Å². The Morgan fingerprint density at radius 3 is 2.16 bits per heavy atom. The molecule has 1 aliphatic rings. The Kier molecular flexibility index (Phi) is 10.8. The average molecular weight is 570 g/mol. The third-order valence-electron chi connectivity index (χ3n) is 6.48. The molecular weight excluding hydrogens is 534 g/mol. The monoisotopic (exact) mass is 569 g/mol. The number of benzene rings is 2. The van der Waals surface area contributed by atoms with Crippen molar-refractivity contribution in [2.24, 2.45) is 16.5 Å². The number of methoxy groups -OCH3 is 3. The Labute approximate surface area is 230 Å². The van der Waals surface area contributed by atoms with Gasteiger partial charge in [-0.15, -0.1) is 12.4 Å². The van der Waals surface area contributed by atoms with Crippen LogP contribution in [0.15, 0.2) is 40.2 Å². The minimum atomic E-state index is -3.61. The zero-order valence-electron chi connectivity index (χ0n) is 22.3. The molecule has 0 bridgehead atoms. The lowest BCUT2D eigenvalue weighted by atomic mass is 10.0. The highest BCUT2D eigenvalue weighted by Gasteiger charge is 2.27. The molecule has 1 unspecified atom stereocenters. The number of carbonyl (C=O) groups is 1. The van der Waals surface area contributed by atoms with Crippen molar-refractivity contribution in [1.29, 1.82) is 0 Å². The van der Waals surface area contributed by atoms with E-state index in [1.165, 1.54) is 6.07 Å². The van der Waals surface area contributed by atoms with Crippen molar-refractivity contribution < 1.29 is 27.4 Å². The minimum absolute atomic E-state index is 0. The predicted molar refractivity (Wildman–Crippen MR) is 148 cm³/mol. The first-order valence-corrected chi connectivity index (χ1v) is 13.6. The van der Waals surface area contributed by atoms with Gasteiger partial charge >= 0.3 is 0 Å². The normalized spacial score (nSPS) is 15.2. The summed E-state index contributed by atoms with van der Waals surface area (Å²) in [7, 11) is 1.16. The van der Waals surface area contributed by atoms with Crippen LogP contribution in [-0.2, 0) is 16.4 Å². The van der Waals surface area contributed by atoms with E-state index < -0.39 is 15.7 Å². The number of hydrogen-bond acceptors (Lipinski definition) is 8. The molecule has 2 aromatic carbocycles. The second-order valence-corrected chi connectivity index (χ2v) is 10.8. The van der Waals surface area contributed by atoms with E-state index in [0.717, 1.165) is 38.0 Å². The molecule has 0 radical (unpaired) electrons. The standard InChI is InChI=1S/C25H35N5O6S.ClH/c1-16(19-8-6-17(24(31)28-25(26)27)14-21(19)37(5,32)33)30-12-10-29(11-13-30)15-18-7-9-20(34-2)23(36-4)22(18)35-3;/h6-9,14,16H,10-13,15H2,1-5H3,(H4,26,27,28,31);1H. The van der Waals surface area contributed by atoms with E-state index in [1.807, 2.05) is 19.1 Å². The first kappa shape index (κ1) is 31.2. The summed E-state index contributed by atoms with van der Waals surface area (Å²) in [6.07, 6.45) is 1.13. The van der Waals surface area contributed by atoms with Crippen LogP contribution in [0.2, 0.25) is 0 Å². The number of guanidine groups is 1. The molecule has 0 saturated carbocycles. The molecule has 1 fully saturated rings. The Morgan fingerprint density at radius 1 is 1.00 bits per heavy atom. The largest absolute Gasteiger partial charge is 0.493 e. The molecule has 13 heteroatoms. The Morgan fingerprint density at radius 2 is 1.63 bits per heavy atom. The molecule has 1 heterocycles. The smallest absolute Gasteiger partial charge is 0.280 e. The lowest BCUT2D eigenvalue weighted by Crippen LogP contribution is -2.46. The van der Waals surface area contributed by atoms with Crippen molar-refractivity contribution in [3.8, 4) is 17.2 Å². The lowest BCUT2D eigenvalue weighted by molar-refractivity contribution is 0.0961. The van der Waals surface area contributed by atoms with Crippen molar-refractivity contribution in [1.82, 2.24) is 9.80 Å². The molecule has 3 rings (SSSR count). The van der Waals surface area contributed by atoms with Gasteiger partial charge in [0, 0.05) is 56.1 Å². The molecule has 2 aromatic rings. The molecule has 11 nitrogen and oxygen atoms in total. The van der Waals surface area contributed by atoms with Gasteiger partial charge in [-0.05, 0) is 30.7 Å². The van der Waals surface area contributed by atoms with Gasteiger partial charge in [0.15, 0.2) is 27.3 Å². The van der Waals surface area contributed by atoms with Crippen molar-refractivity contribution in [3.63, 3.8) is 0 Å². The third-order valence-corrected chi connectivity index (χ3v) is 7.63. The van der Waals surface area contributed by atoms with Crippen LogP contribution < -0.4 is 25.7 Å². The van der Waals surface area contributed by atoms with Crippen LogP contribution >= 0.6 is 12.4 Å². The average Bonchev–Trinajstić information content (AvgIpc) is 2.87. The molecule has 0 spiro atoms. The van der Waals surface area contributed by atoms with Gasteiger partial charge in [0.05, 0.1) is 26.2 Å². The van der Waals surface area contributed by atoms with Gasteiger partial charge in [0.2, 0.25) is 5.75 Å². The van der Waals surface area contributed by atoms with E-state index in [2.05, 4.69) is 14.8 Å². The van der Waals surface area contributed by atoms with Gasteiger partial charge in [0.25, 0.3) is 5.91 Å². The number of amides is 1. The molecule has 1 aliphatic heterocycles. The summed E-state index contributed by atoms with van der Waals surface area (Å²) < 4.78 is 41.7. The maximum atomic E-state index is 12.6. The van der Waals surface area contributed by atoms with Crippen LogP contribution in [-0.4, -0.2) is 83.8 Å². The number of rotatable bonds is 9. The van der Waals surface area contributed by atoms with Gasteiger partial charge < -0.3 is 25.7 Å². The van der Waals surface area contributed by atoms with Crippen molar-refractivity contribution in [2.45, 2.75) is 24.4 Å². The van der Waals surface area contributed by atoms with Crippen LogP contribution in [0.5, 0.6) is 17.2 Å². The van der Waals surface area contributed by atoms with Crippen LogP contribution in [0.3, 0.4) is 0 Å². The Bertz CT molecular complexity index is 1280. The fourth-order valence-corrected chi connectivity index (χ4v) is 5.56. The number of hydrogen-bond donors (Lipinski definition) is 2. The van der Waals surface area contributed by atoms with Crippen molar-refractivity contribution in [2.75, 3.05) is 53.8 Å². The van der Waals surface area contributed by atoms with E-state index in [1.54, 1.807) is 33.5 Å². The van der Waals surface area contributed by atoms with Crippen molar-refractivity contribution in [3.05, 3.63) is 47.0 Å². The number of nitrogens with two attached hydrogens (primary N) is 2. The molecule has 1 saturated heterocycles. The second-order valence-electron chi connectivity index (χ2n) is 8.85. The zero-order chi connectivity index (χ0) is 27.3. The molecular formula is C25H36ClN5O6S. The molecule has 0 aromatic heterocycles. The van der Waals surface area contributed by atoms with Crippen LogP contribution in [0.25, 0.3) is 0 Å². The van der Waals surface area contributed by atoms with Gasteiger partial charge in [-0.1, -0.05) is 12.1 Å². The molecule has 1 atom stereocenters. The molecule has 38 heavy (non-hydrogen) atoms. The summed E-state index contributed by atoms with van der Waals surface area (Å²) in [6.45, 7) is 5.65. The van der Waals surface area contributed by atoms with Crippen LogP contribution in [0.4, 0.5) is 0 Å². The molecule has 4 N–H and O–H groups in total. The number of sulfone groups is 1. The molecule has 1 amide bonds. The van der Waals surface area contributed by atoms with Crippen molar-refractivity contribution >= 4 is 34.1 Å². The lowest BCUT2D eigenvalue weighted by Gasteiger charge is -2.38. The summed E-state index contributed by atoms with van der Waals surface area (Å²) in [4.78, 5) is 20.4. The summed E-state index contributed by atoms with van der Waals surface area (Å²) in [5.74, 6) is 0.736. The summed E-state index contributed by atoms with van der Waals surface area (Å²) in [5.41, 5.74) is 12.3. The highest BCUT2D eigenvalue weighted by Crippen LogP contribution is 2.40. The van der Waals surface area contributed by atoms with Crippen LogP contribution in [0, 0.1) is 0 Å². The molecule has 0 aliphatic carbocycles. The summed E-state index contributed by atoms with van der Waals surface area (Å²) in [5, 5.41) is 0. The highest BCUT2D eigenvalue weighted by molar-refractivity contribution is 7.90. The number of nitrogens with zero attached hydrogens (tertiary/aromatic N) is 3. The molecule has 210 valence electrons. The van der Waals surface area contributed by atoms with E-state index in [9.17, 15) is 13.2 Å². The zero-order valence-corrected chi connectivity index (χ0v) is 23.9. The number of ether oxygens (including phenoxy) is 3. The number of carbonyl (C=O) groups excluding carboxylic acids is 1.